The van der Waals surface area contributed by atoms with Crippen LogP contribution >= 0.6 is 22.7 Å². The van der Waals surface area contributed by atoms with Gasteiger partial charge >= 0.3 is 5.97 Å². The second-order valence-corrected chi connectivity index (χ2v) is 16.4. The van der Waals surface area contributed by atoms with Gasteiger partial charge in [-0.15, -0.1) is 22.7 Å². The predicted octanol–water partition coefficient (Wildman–Crippen LogP) is 4.24. The molecule has 8 rings (SSSR count). The van der Waals surface area contributed by atoms with Gasteiger partial charge in [-0.05, 0) is 64.9 Å². The lowest BCUT2D eigenvalue weighted by molar-refractivity contribution is -0.956. The molecule has 4 unspecified atom stereocenters. The molecule has 14 heteroatoms. The van der Waals surface area contributed by atoms with Crippen LogP contribution in [0.4, 0.5) is 0 Å². The molecule has 2 bridgehead atoms. The molecule has 3 fully saturated rings. The standard InChI is InChI=1S/C40H41N3O9S2/c1-43(28-20-25(21-29(43)38-37(28)52-38)51-39(48)40(49,33-4-2-18-53-33)34-5-3-19-54-34)16-17-50-24-8-6-23(7-9-24)30(44)14-15-41-22-32(46)26-10-12-31(45)36-27(26)11-13-35(47)42-36/h2-13,18-19,25,28-29,32,37-38,41,46,49H,14-17,20-22H2,1H3,(H-,42,45,47)/p+1/t25?,28?,29?,32-,37?,38?,43?/m0/s1. The summed E-state index contributed by atoms with van der Waals surface area (Å²) in [6, 6.07) is 20.5. The van der Waals surface area contributed by atoms with Crippen LogP contribution in [0.1, 0.15) is 51.0 Å². The highest BCUT2D eigenvalue weighted by Gasteiger charge is 2.72. The summed E-state index contributed by atoms with van der Waals surface area (Å²) in [7, 11) is 2.23. The number of pyridine rings is 1. The number of ketones is 1. The van der Waals surface area contributed by atoms with Gasteiger partial charge in [0.2, 0.25) is 11.2 Å². The lowest BCUT2D eigenvalue weighted by Crippen LogP contribution is -2.63. The minimum atomic E-state index is -1.83. The Labute approximate surface area is 319 Å². The van der Waals surface area contributed by atoms with Gasteiger partial charge in [-0.1, -0.05) is 18.2 Å². The third-order valence-electron chi connectivity index (χ3n) is 11.3. The molecule has 3 aliphatic heterocycles. The van der Waals surface area contributed by atoms with Crippen LogP contribution in [0.15, 0.2) is 88.4 Å². The van der Waals surface area contributed by atoms with Crippen LogP contribution in [0.25, 0.3) is 10.9 Å². The number of Topliss-reactive ketones (excluding diaryl/α,β-unsaturated/α-hetero) is 1. The Bertz CT molecular complexity index is 2140. The van der Waals surface area contributed by atoms with Crippen molar-refractivity contribution in [3.63, 3.8) is 0 Å². The average molecular weight is 773 g/mol. The number of hydrogen-bond acceptors (Lipinski definition) is 12. The molecule has 5 atom stereocenters. The van der Waals surface area contributed by atoms with Crippen molar-refractivity contribution in [2.24, 2.45) is 0 Å². The van der Waals surface area contributed by atoms with Gasteiger partial charge < -0.3 is 44.3 Å². The number of rotatable bonds is 15. The number of esters is 1. The zero-order chi connectivity index (χ0) is 37.6. The molecule has 0 spiro atoms. The van der Waals surface area contributed by atoms with Gasteiger partial charge in [-0.2, -0.15) is 0 Å². The number of morpholine rings is 1. The molecular weight excluding hydrogens is 731 g/mol. The molecule has 282 valence electrons. The van der Waals surface area contributed by atoms with E-state index in [9.17, 15) is 29.7 Å². The fraction of sp³-hybridized carbons (Fsp3) is 0.375. The van der Waals surface area contributed by atoms with Gasteiger partial charge in [-0.3, -0.25) is 9.59 Å². The maximum Gasteiger partial charge on any atom is 0.349 e. The van der Waals surface area contributed by atoms with Crippen LogP contribution in [0.3, 0.4) is 0 Å². The number of ether oxygens (including phenoxy) is 3. The number of aromatic amines is 1. The number of nitrogens with one attached hydrogen (secondary N) is 2. The van der Waals surface area contributed by atoms with E-state index in [1.165, 1.54) is 34.8 Å². The quantitative estimate of drug-likeness (QED) is 0.0341. The number of phenols is 1. The van der Waals surface area contributed by atoms with Crippen molar-refractivity contribution in [1.29, 1.82) is 0 Å². The van der Waals surface area contributed by atoms with Crippen LogP contribution < -0.4 is 15.6 Å². The molecule has 54 heavy (non-hydrogen) atoms. The molecule has 6 heterocycles. The third-order valence-corrected chi connectivity index (χ3v) is 13.3. The number of aliphatic hydroxyl groups excluding tert-OH is 1. The van der Waals surface area contributed by atoms with E-state index in [-0.39, 0.29) is 66.0 Å². The van der Waals surface area contributed by atoms with E-state index in [0.717, 1.165) is 11.0 Å². The number of quaternary nitrogens is 1. The summed E-state index contributed by atoms with van der Waals surface area (Å²) in [6.45, 7) is 1.76. The highest BCUT2D eigenvalue weighted by Crippen LogP contribution is 2.53. The molecule has 0 radical (unpaired) electrons. The summed E-state index contributed by atoms with van der Waals surface area (Å²) in [5, 5.41) is 39.9. The first-order valence-electron chi connectivity index (χ1n) is 18.1. The van der Waals surface area contributed by atoms with E-state index in [4.69, 9.17) is 14.2 Å². The SMILES string of the molecule is C[N+]1(CCOc2ccc(C(=O)CCNC[C@H](O)c3ccc(O)c4[nH]c(=O)ccc34)cc2)C2CC(OC(=O)C(O)(c3cccs3)c3cccs3)CC1C1OC12. The number of phenolic OH excluding ortho intramolecular Hbond substituents is 1. The molecule has 0 aliphatic carbocycles. The van der Waals surface area contributed by atoms with Crippen molar-refractivity contribution in [2.75, 3.05) is 33.3 Å². The Hall–Kier alpha value is -4.41. The Balaban J connectivity index is 0.806. The Morgan fingerprint density at radius 3 is 2.33 bits per heavy atom. The van der Waals surface area contributed by atoms with Gasteiger partial charge in [0.1, 0.15) is 55.0 Å². The van der Waals surface area contributed by atoms with E-state index < -0.39 is 17.7 Å². The molecular formula is C40H42N3O9S2+. The van der Waals surface area contributed by atoms with Crippen LogP contribution in [0, 0.1) is 0 Å². The first kappa shape index (κ1) is 36.6. The number of H-pyrrole nitrogens is 1. The Morgan fingerprint density at radius 2 is 1.69 bits per heavy atom. The summed E-state index contributed by atoms with van der Waals surface area (Å²) in [5.41, 5.74) is -0.789. The topological polar surface area (TPSA) is 171 Å². The average Bonchev–Trinajstić information content (AvgIpc) is 3.45. The number of nitrogens with zero attached hydrogens (tertiary/aromatic N) is 1. The molecule has 0 amide bonds. The molecule has 2 aromatic carbocycles. The first-order chi connectivity index (χ1) is 26.1. The maximum absolute atomic E-state index is 13.6. The van der Waals surface area contributed by atoms with Crippen molar-refractivity contribution < 1.29 is 43.6 Å². The number of aromatic nitrogens is 1. The summed E-state index contributed by atoms with van der Waals surface area (Å²) in [6.07, 6.45) is 0.542. The van der Waals surface area contributed by atoms with Gasteiger partial charge in [0.15, 0.2) is 5.78 Å². The molecule has 3 aliphatic rings. The molecule has 5 N–H and O–H groups in total. The van der Waals surface area contributed by atoms with Crippen LogP contribution in [-0.2, 0) is 19.9 Å². The van der Waals surface area contributed by atoms with Crippen molar-refractivity contribution in [2.45, 2.75) is 61.4 Å². The lowest BCUT2D eigenvalue weighted by Gasteiger charge is -2.48. The Morgan fingerprint density at radius 1 is 1.00 bits per heavy atom. The minimum Gasteiger partial charge on any atom is -0.506 e. The summed E-state index contributed by atoms with van der Waals surface area (Å²) >= 11 is 2.66. The lowest BCUT2D eigenvalue weighted by atomic mass is 9.94. The van der Waals surface area contributed by atoms with E-state index in [0.29, 0.717) is 58.0 Å². The first-order valence-corrected chi connectivity index (χ1v) is 19.8. The molecule has 12 nitrogen and oxygen atoms in total. The van der Waals surface area contributed by atoms with Gasteiger partial charge in [0, 0.05) is 49.4 Å². The van der Waals surface area contributed by atoms with Crippen molar-refractivity contribution in [3.05, 3.63) is 115 Å². The fourth-order valence-electron chi connectivity index (χ4n) is 8.36. The summed E-state index contributed by atoms with van der Waals surface area (Å²) in [4.78, 5) is 41.9. The van der Waals surface area contributed by atoms with Crippen LogP contribution in [0.2, 0.25) is 0 Å². The largest absolute Gasteiger partial charge is 0.506 e. The van der Waals surface area contributed by atoms with Gasteiger partial charge in [0.05, 0.1) is 28.4 Å². The highest BCUT2D eigenvalue weighted by molar-refractivity contribution is 7.12. The maximum atomic E-state index is 13.6. The zero-order valence-electron chi connectivity index (χ0n) is 29.6. The number of aliphatic hydroxyl groups is 2. The van der Waals surface area contributed by atoms with E-state index in [1.807, 2.05) is 22.9 Å². The second kappa shape index (κ2) is 14.7. The smallest absolute Gasteiger partial charge is 0.349 e. The number of carbonyl (C=O) groups excluding carboxylic acids is 2. The van der Waals surface area contributed by atoms with Gasteiger partial charge in [0.25, 0.3) is 0 Å². The van der Waals surface area contributed by atoms with Crippen LogP contribution in [-0.4, -0.2) is 100 Å². The summed E-state index contributed by atoms with van der Waals surface area (Å²) < 4.78 is 19.1. The normalized spacial score (nSPS) is 24.9. The zero-order valence-corrected chi connectivity index (χ0v) is 31.2. The van der Waals surface area contributed by atoms with Crippen LogP contribution in [0.5, 0.6) is 11.5 Å². The molecule has 0 saturated carbocycles. The number of epoxide rings is 1. The molecule has 5 aromatic rings. The van der Waals surface area contributed by atoms with E-state index >= 15 is 0 Å². The van der Waals surface area contributed by atoms with Crippen molar-refractivity contribution in [1.82, 2.24) is 10.3 Å². The number of hydrogen-bond donors (Lipinski definition) is 5. The number of likely N-dealkylation sites (N-methyl/N-ethyl adjacent to an activating group) is 1. The van der Waals surface area contributed by atoms with Gasteiger partial charge in [-0.25, -0.2) is 4.79 Å². The van der Waals surface area contributed by atoms with Crippen molar-refractivity contribution in [3.8, 4) is 11.5 Å². The number of thiophene rings is 2. The number of aromatic hydroxyl groups is 1. The number of benzene rings is 2. The molecule has 3 aromatic heterocycles. The Kier molecular flexibility index (Phi) is 9.94. The summed E-state index contributed by atoms with van der Waals surface area (Å²) in [5.74, 6) is -0.0861. The highest BCUT2D eigenvalue weighted by atomic mass is 32.1. The van der Waals surface area contributed by atoms with Crippen molar-refractivity contribution >= 4 is 45.3 Å². The fourth-order valence-corrected chi connectivity index (χ4v) is 10.1. The second-order valence-electron chi connectivity index (χ2n) is 14.5. The van der Waals surface area contributed by atoms with E-state index in [2.05, 4.69) is 17.3 Å². The predicted molar refractivity (Wildman–Crippen MR) is 203 cm³/mol. The molecule has 3 saturated heterocycles. The monoisotopic (exact) mass is 772 g/mol. The third kappa shape index (κ3) is 6.76. The minimum absolute atomic E-state index is 0.0437. The number of fused-ring (bicyclic) bond motifs is 6. The number of piperidine rings is 1. The van der Waals surface area contributed by atoms with E-state index in [1.54, 1.807) is 48.5 Å². The number of carbonyl (C=O) groups is 2.